The van der Waals surface area contributed by atoms with Crippen LogP contribution < -0.4 is 10.1 Å². The lowest BCUT2D eigenvalue weighted by Gasteiger charge is -2.19. The number of aromatic nitrogens is 1. The largest absolute Gasteiger partial charge is 0.497 e. The number of pyridine rings is 1. The Hall–Kier alpha value is -1.58. The molecule has 0 aliphatic rings. The minimum Gasteiger partial charge on any atom is -0.497 e. The van der Waals surface area contributed by atoms with Gasteiger partial charge in [0.05, 0.1) is 12.1 Å². The first-order valence-electron chi connectivity index (χ1n) is 6.70. The fourth-order valence-electron chi connectivity index (χ4n) is 2.24. The van der Waals surface area contributed by atoms with E-state index in [9.17, 15) is 0 Å². The smallest absolute Gasteiger partial charge is 0.119 e. The van der Waals surface area contributed by atoms with Gasteiger partial charge in [0.15, 0.2) is 0 Å². The van der Waals surface area contributed by atoms with Crippen molar-refractivity contribution in [1.82, 2.24) is 10.3 Å². The molecule has 0 radical (unpaired) electrons. The lowest BCUT2D eigenvalue weighted by atomic mass is 9.99. The number of methoxy groups -OCH3 is 1. The van der Waals surface area contributed by atoms with E-state index in [1.807, 2.05) is 18.2 Å². The molecule has 3 nitrogen and oxygen atoms in total. The van der Waals surface area contributed by atoms with Gasteiger partial charge >= 0.3 is 0 Å². The number of benzene rings is 1. The second-order valence-corrected chi connectivity index (χ2v) is 4.97. The van der Waals surface area contributed by atoms with E-state index in [0.29, 0.717) is 5.02 Å². The van der Waals surface area contributed by atoms with Crippen LogP contribution in [0.4, 0.5) is 0 Å². The van der Waals surface area contributed by atoms with Gasteiger partial charge in [-0.25, -0.2) is 0 Å². The van der Waals surface area contributed by atoms with Crippen LogP contribution >= 0.6 is 11.6 Å². The Kier molecular flexibility index (Phi) is 5.39. The number of rotatable bonds is 6. The summed E-state index contributed by atoms with van der Waals surface area (Å²) in [7, 11) is 1.68. The summed E-state index contributed by atoms with van der Waals surface area (Å²) < 4.78 is 5.27. The first-order chi connectivity index (χ1) is 9.74. The van der Waals surface area contributed by atoms with Crippen molar-refractivity contribution in [2.75, 3.05) is 13.7 Å². The topological polar surface area (TPSA) is 34.1 Å². The highest BCUT2D eigenvalue weighted by molar-refractivity contribution is 6.31. The zero-order valence-electron chi connectivity index (χ0n) is 11.8. The molecule has 0 spiro atoms. The maximum absolute atomic E-state index is 6.25. The Morgan fingerprint density at radius 2 is 2.20 bits per heavy atom. The predicted molar refractivity (Wildman–Crippen MR) is 82.4 cm³/mol. The van der Waals surface area contributed by atoms with E-state index < -0.39 is 0 Å². The summed E-state index contributed by atoms with van der Waals surface area (Å²) in [5.74, 6) is 0.874. The van der Waals surface area contributed by atoms with Crippen molar-refractivity contribution in [3.05, 3.63) is 58.9 Å². The van der Waals surface area contributed by atoms with E-state index in [-0.39, 0.29) is 6.04 Å². The minimum atomic E-state index is 0.169. The van der Waals surface area contributed by atoms with Crippen molar-refractivity contribution in [2.45, 2.75) is 19.4 Å². The van der Waals surface area contributed by atoms with Gasteiger partial charge in [0.1, 0.15) is 5.75 Å². The third kappa shape index (κ3) is 3.71. The molecule has 0 amide bonds. The average molecular weight is 291 g/mol. The van der Waals surface area contributed by atoms with Gasteiger partial charge in [0.2, 0.25) is 0 Å². The van der Waals surface area contributed by atoms with Crippen molar-refractivity contribution in [1.29, 1.82) is 0 Å². The number of halogens is 1. The van der Waals surface area contributed by atoms with Gasteiger partial charge in [-0.05, 0) is 42.3 Å². The summed E-state index contributed by atoms with van der Waals surface area (Å²) >= 11 is 6.25. The Bertz CT molecular complexity index is 560. The second-order valence-electron chi connectivity index (χ2n) is 4.56. The summed E-state index contributed by atoms with van der Waals surface area (Å²) in [4.78, 5) is 4.04. The lowest BCUT2D eigenvalue weighted by molar-refractivity contribution is 0.414. The van der Waals surface area contributed by atoms with Crippen LogP contribution in [0.15, 0.2) is 42.7 Å². The van der Waals surface area contributed by atoms with Gasteiger partial charge in [-0.2, -0.15) is 0 Å². The summed E-state index contributed by atoms with van der Waals surface area (Å²) in [6.45, 7) is 2.97. The van der Waals surface area contributed by atoms with Crippen LogP contribution in [0.5, 0.6) is 5.75 Å². The second kappa shape index (κ2) is 7.27. The minimum absolute atomic E-state index is 0.169. The van der Waals surface area contributed by atoms with Crippen LogP contribution in [0, 0.1) is 0 Å². The highest BCUT2D eigenvalue weighted by Crippen LogP contribution is 2.26. The van der Waals surface area contributed by atoms with Gasteiger partial charge in [0, 0.05) is 18.4 Å². The van der Waals surface area contributed by atoms with Crippen molar-refractivity contribution < 1.29 is 4.74 Å². The van der Waals surface area contributed by atoms with Crippen LogP contribution in [0.1, 0.15) is 24.1 Å². The lowest BCUT2D eigenvalue weighted by Crippen LogP contribution is -2.23. The number of hydrogen-bond acceptors (Lipinski definition) is 3. The van der Waals surface area contributed by atoms with Crippen LogP contribution in [0.3, 0.4) is 0 Å². The monoisotopic (exact) mass is 290 g/mol. The standard InChI is InChI=1S/C16H19ClN2O/c1-3-19-16(14-7-8-18-11-15(14)17)10-12-5-4-6-13(9-12)20-2/h4-9,11,16,19H,3,10H2,1-2H3. The first kappa shape index (κ1) is 14.8. The van der Waals surface area contributed by atoms with Gasteiger partial charge in [-0.3, -0.25) is 4.98 Å². The Balaban J connectivity index is 2.23. The van der Waals surface area contributed by atoms with Crippen LogP contribution in [0.2, 0.25) is 5.02 Å². The molecule has 0 saturated carbocycles. The molecule has 0 saturated heterocycles. The van der Waals surface area contributed by atoms with Gasteiger partial charge < -0.3 is 10.1 Å². The number of ether oxygens (including phenoxy) is 1. The predicted octanol–water partition coefficient (Wildman–Crippen LogP) is 3.64. The number of nitrogens with one attached hydrogen (secondary N) is 1. The molecule has 2 aromatic rings. The normalized spacial score (nSPS) is 12.2. The molecule has 4 heteroatoms. The van der Waals surface area contributed by atoms with Gasteiger partial charge in [-0.1, -0.05) is 30.7 Å². The Morgan fingerprint density at radius 3 is 2.90 bits per heavy atom. The van der Waals surface area contributed by atoms with E-state index in [1.54, 1.807) is 19.5 Å². The summed E-state index contributed by atoms with van der Waals surface area (Å²) in [5.41, 5.74) is 2.29. The van der Waals surface area contributed by atoms with E-state index in [2.05, 4.69) is 29.4 Å². The van der Waals surface area contributed by atoms with Crippen molar-refractivity contribution in [3.8, 4) is 5.75 Å². The molecule has 1 aromatic heterocycles. The molecule has 0 aliphatic carbocycles. The van der Waals surface area contributed by atoms with Gasteiger partial charge in [0.25, 0.3) is 0 Å². The van der Waals surface area contributed by atoms with Crippen LogP contribution in [0.25, 0.3) is 0 Å². The number of hydrogen-bond donors (Lipinski definition) is 1. The molecular weight excluding hydrogens is 272 g/mol. The summed E-state index contributed by atoms with van der Waals surface area (Å²) in [5, 5.41) is 4.17. The number of nitrogens with zero attached hydrogens (tertiary/aromatic N) is 1. The molecule has 1 unspecified atom stereocenters. The molecule has 2 rings (SSSR count). The number of likely N-dealkylation sites (N-methyl/N-ethyl adjacent to an activating group) is 1. The maximum atomic E-state index is 6.25. The molecule has 0 fully saturated rings. The van der Waals surface area contributed by atoms with Crippen LogP contribution in [-0.4, -0.2) is 18.6 Å². The van der Waals surface area contributed by atoms with E-state index in [4.69, 9.17) is 16.3 Å². The zero-order chi connectivity index (χ0) is 14.4. The fourth-order valence-corrected chi connectivity index (χ4v) is 2.49. The molecular formula is C16H19ClN2O. The molecule has 1 N–H and O–H groups in total. The summed E-state index contributed by atoms with van der Waals surface area (Å²) in [6, 6.07) is 10.2. The van der Waals surface area contributed by atoms with Gasteiger partial charge in [-0.15, -0.1) is 0 Å². The molecule has 1 aromatic carbocycles. The van der Waals surface area contributed by atoms with E-state index >= 15 is 0 Å². The quantitative estimate of drug-likeness (QED) is 0.882. The highest BCUT2D eigenvalue weighted by Gasteiger charge is 2.14. The molecule has 1 heterocycles. The molecule has 106 valence electrons. The Morgan fingerprint density at radius 1 is 1.35 bits per heavy atom. The van der Waals surface area contributed by atoms with E-state index in [0.717, 1.165) is 24.3 Å². The van der Waals surface area contributed by atoms with E-state index in [1.165, 1.54) is 5.56 Å². The molecule has 0 aliphatic heterocycles. The third-order valence-corrected chi connectivity index (χ3v) is 3.52. The molecule has 0 bridgehead atoms. The van der Waals surface area contributed by atoms with Crippen molar-refractivity contribution in [3.63, 3.8) is 0 Å². The SMILES string of the molecule is CCNC(Cc1cccc(OC)c1)c1ccncc1Cl. The van der Waals surface area contributed by atoms with Crippen LogP contribution in [-0.2, 0) is 6.42 Å². The fraction of sp³-hybridized carbons (Fsp3) is 0.312. The van der Waals surface area contributed by atoms with Crippen molar-refractivity contribution in [2.24, 2.45) is 0 Å². The maximum Gasteiger partial charge on any atom is 0.119 e. The zero-order valence-corrected chi connectivity index (χ0v) is 12.5. The Labute approximate surface area is 124 Å². The first-order valence-corrected chi connectivity index (χ1v) is 7.08. The molecule has 20 heavy (non-hydrogen) atoms. The third-order valence-electron chi connectivity index (χ3n) is 3.20. The highest BCUT2D eigenvalue weighted by atomic mass is 35.5. The summed E-state index contributed by atoms with van der Waals surface area (Å²) in [6.07, 6.45) is 4.32. The van der Waals surface area contributed by atoms with Crippen molar-refractivity contribution >= 4 is 11.6 Å². The average Bonchev–Trinajstić information content (AvgIpc) is 2.47. The molecule has 1 atom stereocenters.